The molecule has 4 rings (SSSR count). The van der Waals surface area contributed by atoms with Crippen LogP contribution in [0.3, 0.4) is 0 Å². The number of benzene rings is 2. The molecular weight excluding hydrogens is 380 g/mol. The number of hydrogen-bond acceptors (Lipinski definition) is 5. The summed E-state index contributed by atoms with van der Waals surface area (Å²) < 4.78 is 11.8. The number of likely N-dealkylation sites (tertiary alicyclic amines) is 1. The van der Waals surface area contributed by atoms with Crippen LogP contribution in [0.25, 0.3) is 11.0 Å². The SMILES string of the molecule is Cc1cccc(C(=O)Nc2cc3ccc(OC4CCN(C)CC4)c(C)c3oc2=O)c1. The van der Waals surface area contributed by atoms with Gasteiger partial charge in [-0.15, -0.1) is 0 Å². The molecule has 0 radical (unpaired) electrons. The summed E-state index contributed by atoms with van der Waals surface area (Å²) in [6.45, 7) is 5.82. The fraction of sp³-hybridized carbons (Fsp3) is 0.333. The maximum Gasteiger partial charge on any atom is 0.360 e. The Labute approximate surface area is 175 Å². The summed E-state index contributed by atoms with van der Waals surface area (Å²) in [5, 5.41) is 3.41. The molecule has 1 aliphatic rings. The zero-order chi connectivity index (χ0) is 21.3. The highest BCUT2D eigenvalue weighted by molar-refractivity contribution is 6.04. The lowest BCUT2D eigenvalue weighted by Crippen LogP contribution is -2.35. The first-order chi connectivity index (χ1) is 14.4. The molecule has 6 nitrogen and oxygen atoms in total. The van der Waals surface area contributed by atoms with Gasteiger partial charge in [-0.25, -0.2) is 4.79 Å². The predicted molar refractivity (Wildman–Crippen MR) is 118 cm³/mol. The van der Waals surface area contributed by atoms with E-state index in [-0.39, 0.29) is 17.7 Å². The van der Waals surface area contributed by atoms with E-state index in [9.17, 15) is 9.59 Å². The molecule has 1 aromatic heterocycles. The normalized spacial score (nSPS) is 15.3. The number of nitrogens with zero attached hydrogens (tertiary/aromatic N) is 1. The van der Waals surface area contributed by atoms with E-state index in [2.05, 4.69) is 17.3 Å². The summed E-state index contributed by atoms with van der Waals surface area (Å²) >= 11 is 0. The van der Waals surface area contributed by atoms with Gasteiger partial charge >= 0.3 is 5.63 Å². The van der Waals surface area contributed by atoms with Crippen LogP contribution in [-0.4, -0.2) is 37.0 Å². The third kappa shape index (κ3) is 4.24. The van der Waals surface area contributed by atoms with Crippen molar-refractivity contribution in [1.82, 2.24) is 4.90 Å². The Morgan fingerprint density at radius 3 is 2.63 bits per heavy atom. The highest BCUT2D eigenvalue weighted by atomic mass is 16.5. The number of carbonyl (C=O) groups is 1. The van der Waals surface area contributed by atoms with Gasteiger partial charge in [0.15, 0.2) is 0 Å². The number of piperidine rings is 1. The number of amides is 1. The number of hydrogen-bond donors (Lipinski definition) is 1. The number of carbonyl (C=O) groups excluding carboxylic acids is 1. The minimum Gasteiger partial charge on any atom is -0.490 e. The third-order valence-electron chi connectivity index (χ3n) is 5.59. The van der Waals surface area contributed by atoms with Crippen LogP contribution >= 0.6 is 0 Å². The molecule has 2 aromatic carbocycles. The Bertz CT molecular complexity index is 1140. The highest BCUT2D eigenvalue weighted by Gasteiger charge is 2.20. The van der Waals surface area contributed by atoms with Crippen LogP contribution in [0.15, 0.2) is 51.7 Å². The van der Waals surface area contributed by atoms with Gasteiger partial charge in [-0.2, -0.15) is 0 Å². The van der Waals surface area contributed by atoms with Crippen molar-refractivity contribution in [3.63, 3.8) is 0 Å². The van der Waals surface area contributed by atoms with Crippen molar-refractivity contribution >= 4 is 22.6 Å². The van der Waals surface area contributed by atoms with E-state index in [1.807, 2.05) is 38.1 Å². The second kappa shape index (κ2) is 8.32. The van der Waals surface area contributed by atoms with Gasteiger partial charge in [-0.3, -0.25) is 4.79 Å². The first-order valence-electron chi connectivity index (χ1n) is 10.2. The van der Waals surface area contributed by atoms with E-state index in [1.54, 1.807) is 18.2 Å². The lowest BCUT2D eigenvalue weighted by Gasteiger charge is -2.29. The fourth-order valence-corrected chi connectivity index (χ4v) is 3.78. The van der Waals surface area contributed by atoms with Crippen LogP contribution in [0.1, 0.15) is 34.3 Å². The second-order valence-electron chi connectivity index (χ2n) is 8.00. The van der Waals surface area contributed by atoms with Gasteiger partial charge in [0.05, 0.1) is 0 Å². The molecule has 6 heteroatoms. The first kappa shape index (κ1) is 20.2. The highest BCUT2D eigenvalue weighted by Crippen LogP contribution is 2.30. The van der Waals surface area contributed by atoms with Crippen molar-refractivity contribution < 1.29 is 13.9 Å². The van der Waals surface area contributed by atoms with Crippen molar-refractivity contribution in [2.75, 3.05) is 25.5 Å². The van der Waals surface area contributed by atoms with Gasteiger partial charge in [0, 0.05) is 29.6 Å². The monoisotopic (exact) mass is 406 g/mol. The molecule has 0 saturated carbocycles. The summed E-state index contributed by atoms with van der Waals surface area (Å²) in [6, 6.07) is 12.6. The van der Waals surface area contributed by atoms with Gasteiger partial charge < -0.3 is 19.4 Å². The number of ether oxygens (including phenoxy) is 1. The summed E-state index contributed by atoms with van der Waals surface area (Å²) in [5.74, 6) is 0.390. The average molecular weight is 406 g/mol. The molecule has 1 saturated heterocycles. The average Bonchev–Trinajstić information content (AvgIpc) is 2.73. The third-order valence-corrected chi connectivity index (χ3v) is 5.59. The standard InChI is InChI=1S/C24H26N2O4/c1-15-5-4-6-18(13-15)23(27)25-20-14-17-7-8-21(16(2)22(17)30-24(20)28)29-19-9-11-26(3)12-10-19/h4-8,13-14,19H,9-12H2,1-3H3,(H,25,27). The molecular formula is C24H26N2O4. The van der Waals surface area contributed by atoms with E-state index in [0.717, 1.165) is 48.2 Å². The molecule has 2 heterocycles. The van der Waals surface area contributed by atoms with E-state index in [0.29, 0.717) is 11.1 Å². The van der Waals surface area contributed by atoms with Crippen LogP contribution in [0.2, 0.25) is 0 Å². The zero-order valence-corrected chi connectivity index (χ0v) is 17.5. The quantitative estimate of drug-likeness (QED) is 0.660. The van der Waals surface area contributed by atoms with Crippen molar-refractivity contribution in [3.8, 4) is 5.75 Å². The summed E-state index contributed by atoms with van der Waals surface area (Å²) in [5.41, 5.74) is 2.29. The second-order valence-corrected chi connectivity index (χ2v) is 8.00. The van der Waals surface area contributed by atoms with E-state index in [1.165, 1.54) is 0 Å². The number of aryl methyl sites for hydroxylation is 2. The van der Waals surface area contributed by atoms with Crippen molar-refractivity contribution in [1.29, 1.82) is 0 Å². The van der Waals surface area contributed by atoms with Crippen LogP contribution < -0.4 is 15.7 Å². The van der Waals surface area contributed by atoms with Crippen LogP contribution in [-0.2, 0) is 0 Å². The summed E-state index contributed by atoms with van der Waals surface area (Å²) in [7, 11) is 2.11. The minimum absolute atomic E-state index is 0.123. The molecule has 0 atom stereocenters. The van der Waals surface area contributed by atoms with Crippen molar-refractivity contribution in [3.05, 3.63) is 69.6 Å². The van der Waals surface area contributed by atoms with Crippen molar-refractivity contribution in [2.24, 2.45) is 0 Å². The number of rotatable bonds is 4. The van der Waals surface area contributed by atoms with Gasteiger partial charge in [0.2, 0.25) is 0 Å². The molecule has 0 aliphatic carbocycles. The van der Waals surface area contributed by atoms with Gasteiger partial charge in [0.25, 0.3) is 5.91 Å². The van der Waals surface area contributed by atoms with Crippen LogP contribution in [0.5, 0.6) is 5.75 Å². The molecule has 1 N–H and O–H groups in total. The number of anilines is 1. The molecule has 1 aliphatic heterocycles. The topological polar surface area (TPSA) is 71.8 Å². The molecule has 30 heavy (non-hydrogen) atoms. The van der Waals surface area contributed by atoms with Gasteiger partial charge in [0.1, 0.15) is 23.1 Å². The number of nitrogens with one attached hydrogen (secondary N) is 1. The fourth-order valence-electron chi connectivity index (χ4n) is 3.78. The Kier molecular flexibility index (Phi) is 5.59. The smallest absolute Gasteiger partial charge is 0.360 e. The molecule has 0 spiro atoms. The zero-order valence-electron chi connectivity index (χ0n) is 17.5. The summed E-state index contributed by atoms with van der Waals surface area (Å²) in [6.07, 6.45) is 2.11. The molecule has 0 unspecified atom stereocenters. The van der Waals surface area contributed by atoms with E-state index < -0.39 is 5.63 Å². The maximum absolute atomic E-state index is 12.5. The lowest BCUT2D eigenvalue weighted by molar-refractivity contribution is 0.102. The van der Waals surface area contributed by atoms with E-state index in [4.69, 9.17) is 9.15 Å². The molecule has 3 aromatic rings. The largest absolute Gasteiger partial charge is 0.490 e. The summed E-state index contributed by atoms with van der Waals surface area (Å²) in [4.78, 5) is 27.3. The lowest BCUT2D eigenvalue weighted by atomic mass is 10.1. The Hall–Kier alpha value is -3.12. The van der Waals surface area contributed by atoms with Crippen LogP contribution in [0.4, 0.5) is 5.69 Å². The van der Waals surface area contributed by atoms with Crippen LogP contribution in [0, 0.1) is 13.8 Å². The predicted octanol–water partition coefficient (Wildman–Crippen LogP) is 4.14. The molecule has 1 amide bonds. The van der Waals surface area contributed by atoms with E-state index >= 15 is 0 Å². The Morgan fingerprint density at radius 2 is 1.90 bits per heavy atom. The number of fused-ring (bicyclic) bond motifs is 1. The molecule has 1 fully saturated rings. The molecule has 0 bridgehead atoms. The first-order valence-corrected chi connectivity index (χ1v) is 10.2. The Balaban J connectivity index is 1.58. The van der Waals surface area contributed by atoms with Crippen molar-refractivity contribution in [2.45, 2.75) is 32.8 Å². The Morgan fingerprint density at radius 1 is 1.13 bits per heavy atom. The van der Waals surface area contributed by atoms with Gasteiger partial charge in [-0.1, -0.05) is 17.7 Å². The minimum atomic E-state index is -0.581. The van der Waals surface area contributed by atoms with Gasteiger partial charge in [-0.05, 0) is 64.1 Å². The molecule has 156 valence electrons. The maximum atomic E-state index is 12.5.